The van der Waals surface area contributed by atoms with Crippen molar-refractivity contribution in [1.82, 2.24) is 0 Å². The number of hydrogen-bond donors (Lipinski definition) is 0. The van der Waals surface area contributed by atoms with E-state index in [9.17, 15) is 0 Å². The van der Waals surface area contributed by atoms with Crippen LogP contribution < -0.4 is 0 Å². The lowest BCUT2D eigenvalue weighted by atomic mass is 9.89. The average molecular weight is 141 g/mol. The lowest BCUT2D eigenvalue weighted by molar-refractivity contribution is 0.0300. The molecule has 1 rings (SSSR count). The molecule has 0 N–H and O–H groups in total. The van der Waals surface area contributed by atoms with Crippen LogP contribution in [-0.4, -0.2) is 12.7 Å². The average Bonchev–Trinajstić information content (AvgIpc) is 1.95. The molecule has 0 aromatic heterocycles. The molecule has 0 spiro atoms. The summed E-state index contributed by atoms with van der Waals surface area (Å²) in [6, 6.07) is 0. The molecule has 1 nitrogen and oxygen atoms in total. The summed E-state index contributed by atoms with van der Waals surface area (Å²) in [6.07, 6.45) is 5.50. The lowest BCUT2D eigenvalue weighted by Gasteiger charge is -2.25. The van der Waals surface area contributed by atoms with Crippen molar-refractivity contribution in [2.45, 2.75) is 38.7 Å². The van der Waals surface area contributed by atoms with E-state index in [1.165, 1.54) is 25.7 Å². The minimum atomic E-state index is 0.544. The monoisotopic (exact) mass is 141 g/mol. The van der Waals surface area contributed by atoms with E-state index in [1.807, 2.05) is 0 Å². The lowest BCUT2D eigenvalue weighted by Crippen LogP contribution is -2.20. The number of ether oxygens (including phenoxy) is 1. The summed E-state index contributed by atoms with van der Waals surface area (Å²) < 4.78 is 5.50. The van der Waals surface area contributed by atoms with Crippen molar-refractivity contribution in [1.29, 1.82) is 0 Å². The third kappa shape index (κ3) is 2.30. The van der Waals surface area contributed by atoms with E-state index in [4.69, 9.17) is 4.74 Å². The van der Waals surface area contributed by atoms with Crippen LogP contribution in [0.4, 0.5) is 0 Å². The highest BCUT2D eigenvalue weighted by Crippen LogP contribution is 2.24. The van der Waals surface area contributed by atoms with Gasteiger partial charge >= 0.3 is 0 Å². The normalized spacial score (nSPS) is 34.2. The summed E-state index contributed by atoms with van der Waals surface area (Å²) in [4.78, 5) is 0. The molecule has 10 heavy (non-hydrogen) atoms. The van der Waals surface area contributed by atoms with Crippen molar-refractivity contribution >= 4 is 0 Å². The van der Waals surface area contributed by atoms with Gasteiger partial charge in [-0.15, -0.1) is 0 Å². The Morgan fingerprint density at radius 1 is 1.30 bits per heavy atom. The summed E-state index contributed by atoms with van der Waals surface area (Å²) in [5.74, 6) is 0.691. The summed E-state index contributed by atoms with van der Waals surface area (Å²) in [7, 11) is 0. The van der Waals surface area contributed by atoms with E-state index in [-0.39, 0.29) is 0 Å². The topological polar surface area (TPSA) is 9.23 Å². The standard InChI is InChI=1S/C9H17O/c1-3-10-9-6-4-8(2)5-7-9/h8-9H,2-7H2,1H3/t8-,9-. The molecule has 1 aliphatic carbocycles. The molecule has 0 atom stereocenters. The predicted molar refractivity (Wildman–Crippen MR) is 42.7 cm³/mol. The molecule has 0 heterocycles. The molecule has 0 aromatic carbocycles. The Morgan fingerprint density at radius 3 is 2.40 bits per heavy atom. The first-order valence-electron chi connectivity index (χ1n) is 4.27. The molecule has 0 aromatic rings. The Morgan fingerprint density at radius 2 is 1.90 bits per heavy atom. The molecule has 0 aliphatic heterocycles. The molecule has 0 amide bonds. The molecule has 59 valence electrons. The summed E-state index contributed by atoms with van der Waals surface area (Å²) in [5.41, 5.74) is 0. The van der Waals surface area contributed by atoms with E-state index >= 15 is 0 Å². The van der Waals surface area contributed by atoms with Crippen LogP contribution in [0.15, 0.2) is 0 Å². The van der Waals surface area contributed by atoms with Gasteiger partial charge in [-0.25, -0.2) is 0 Å². The van der Waals surface area contributed by atoms with Crippen LogP contribution in [0.1, 0.15) is 32.6 Å². The summed E-state index contributed by atoms with van der Waals surface area (Å²) in [5, 5.41) is 0. The minimum absolute atomic E-state index is 0.544. The maximum Gasteiger partial charge on any atom is 0.0575 e. The Labute approximate surface area is 63.8 Å². The summed E-state index contributed by atoms with van der Waals surface area (Å²) >= 11 is 0. The number of rotatable bonds is 2. The fourth-order valence-electron chi connectivity index (χ4n) is 1.53. The first kappa shape index (κ1) is 8.06. The van der Waals surface area contributed by atoms with Gasteiger partial charge in [-0.3, -0.25) is 0 Å². The van der Waals surface area contributed by atoms with Crippen LogP contribution in [0.2, 0.25) is 0 Å². The highest BCUT2D eigenvalue weighted by Gasteiger charge is 2.17. The third-order valence-electron chi connectivity index (χ3n) is 2.20. The van der Waals surface area contributed by atoms with Gasteiger partial charge in [0.15, 0.2) is 0 Å². The first-order valence-corrected chi connectivity index (χ1v) is 4.27. The maximum absolute atomic E-state index is 5.50. The van der Waals surface area contributed by atoms with E-state index in [0.29, 0.717) is 12.0 Å². The Balaban J connectivity index is 2.13. The predicted octanol–water partition coefficient (Wildman–Crippen LogP) is 2.42. The zero-order chi connectivity index (χ0) is 7.40. The minimum Gasteiger partial charge on any atom is -0.379 e. The van der Waals surface area contributed by atoms with E-state index in [0.717, 1.165) is 6.61 Å². The van der Waals surface area contributed by atoms with Crippen LogP contribution in [0.25, 0.3) is 0 Å². The molecular weight excluding hydrogens is 124 g/mol. The smallest absolute Gasteiger partial charge is 0.0575 e. The fraction of sp³-hybridized carbons (Fsp3) is 0.889. The van der Waals surface area contributed by atoms with Crippen LogP contribution in [-0.2, 0) is 4.74 Å². The van der Waals surface area contributed by atoms with Crippen molar-refractivity contribution in [3.63, 3.8) is 0 Å². The fourth-order valence-corrected chi connectivity index (χ4v) is 1.53. The van der Waals surface area contributed by atoms with Gasteiger partial charge in [0, 0.05) is 6.61 Å². The van der Waals surface area contributed by atoms with Crippen molar-refractivity contribution in [2.24, 2.45) is 5.92 Å². The van der Waals surface area contributed by atoms with E-state index in [2.05, 4.69) is 13.8 Å². The molecule has 0 bridgehead atoms. The Hall–Kier alpha value is -0.0400. The van der Waals surface area contributed by atoms with Crippen molar-refractivity contribution in [2.75, 3.05) is 6.61 Å². The zero-order valence-electron chi connectivity index (χ0n) is 6.81. The van der Waals surface area contributed by atoms with Crippen molar-refractivity contribution in [3.05, 3.63) is 6.92 Å². The Bertz CT molecular complexity index is 82.7. The Kier molecular flexibility index (Phi) is 3.20. The molecule has 1 fully saturated rings. The van der Waals surface area contributed by atoms with Gasteiger partial charge in [0.05, 0.1) is 6.10 Å². The summed E-state index contributed by atoms with van der Waals surface area (Å²) in [6.45, 7) is 6.97. The molecule has 0 unspecified atom stereocenters. The highest BCUT2D eigenvalue weighted by atomic mass is 16.5. The second kappa shape index (κ2) is 3.97. The van der Waals surface area contributed by atoms with Crippen LogP contribution >= 0.6 is 0 Å². The second-order valence-corrected chi connectivity index (χ2v) is 3.10. The van der Waals surface area contributed by atoms with Gasteiger partial charge in [0.1, 0.15) is 0 Å². The van der Waals surface area contributed by atoms with Crippen LogP contribution in [0.5, 0.6) is 0 Å². The van der Waals surface area contributed by atoms with Gasteiger partial charge in [0.25, 0.3) is 0 Å². The maximum atomic E-state index is 5.50. The van der Waals surface area contributed by atoms with E-state index < -0.39 is 0 Å². The van der Waals surface area contributed by atoms with Gasteiger partial charge in [-0.1, -0.05) is 6.92 Å². The molecule has 1 heteroatoms. The van der Waals surface area contributed by atoms with Crippen molar-refractivity contribution < 1.29 is 4.74 Å². The largest absolute Gasteiger partial charge is 0.379 e. The van der Waals surface area contributed by atoms with Crippen LogP contribution in [0, 0.1) is 12.8 Å². The zero-order valence-corrected chi connectivity index (χ0v) is 6.81. The second-order valence-electron chi connectivity index (χ2n) is 3.10. The van der Waals surface area contributed by atoms with Crippen molar-refractivity contribution in [3.8, 4) is 0 Å². The SMILES string of the molecule is [CH2][C@H]1CC[C@H](OCC)CC1. The van der Waals surface area contributed by atoms with Crippen LogP contribution in [0.3, 0.4) is 0 Å². The molecule has 1 radical (unpaired) electrons. The third-order valence-corrected chi connectivity index (χ3v) is 2.20. The first-order chi connectivity index (χ1) is 4.83. The van der Waals surface area contributed by atoms with Gasteiger partial charge < -0.3 is 4.74 Å². The van der Waals surface area contributed by atoms with Gasteiger partial charge in [-0.2, -0.15) is 0 Å². The number of hydrogen-bond acceptors (Lipinski definition) is 1. The highest BCUT2D eigenvalue weighted by molar-refractivity contribution is 4.73. The van der Waals surface area contributed by atoms with E-state index in [1.54, 1.807) is 0 Å². The molecular formula is C9H17O. The molecule has 0 saturated heterocycles. The van der Waals surface area contributed by atoms with Gasteiger partial charge in [-0.05, 0) is 38.5 Å². The van der Waals surface area contributed by atoms with Gasteiger partial charge in [0.2, 0.25) is 0 Å². The molecule has 1 saturated carbocycles. The molecule has 1 aliphatic rings. The quantitative estimate of drug-likeness (QED) is 0.574.